The summed E-state index contributed by atoms with van der Waals surface area (Å²) in [6, 6.07) is 0. The van der Waals surface area contributed by atoms with Crippen LogP contribution in [0.3, 0.4) is 0 Å². The Morgan fingerprint density at radius 3 is 3.16 bits per heavy atom. The van der Waals surface area contributed by atoms with Gasteiger partial charge in [0.15, 0.2) is 5.13 Å². The van der Waals surface area contributed by atoms with Gasteiger partial charge in [-0.2, -0.15) is 0 Å². The number of aryl methyl sites for hydroxylation is 1. The number of aliphatic carboxylic acids is 1. The third-order valence-corrected chi connectivity index (χ3v) is 5.15. The van der Waals surface area contributed by atoms with Crippen molar-refractivity contribution in [3.8, 4) is 0 Å². The molecule has 0 aromatic carbocycles. The van der Waals surface area contributed by atoms with E-state index in [-0.39, 0.29) is 0 Å². The van der Waals surface area contributed by atoms with Crippen LogP contribution in [0.4, 0.5) is 5.13 Å². The van der Waals surface area contributed by atoms with Gasteiger partial charge in [-0.3, -0.25) is 4.79 Å². The van der Waals surface area contributed by atoms with Gasteiger partial charge >= 0.3 is 5.97 Å². The first-order chi connectivity index (χ1) is 9.19. The second-order valence-corrected chi connectivity index (χ2v) is 6.35. The second-order valence-electron chi connectivity index (χ2n) is 5.29. The van der Waals surface area contributed by atoms with E-state index >= 15 is 0 Å². The maximum atomic E-state index is 11.2. The highest BCUT2D eigenvalue weighted by atomic mass is 32.1. The van der Waals surface area contributed by atoms with E-state index < -0.39 is 11.9 Å². The summed E-state index contributed by atoms with van der Waals surface area (Å²) < 4.78 is 5.20. The Morgan fingerprint density at radius 1 is 1.58 bits per heavy atom. The fraction of sp³-hybridized carbons (Fsp3) is 0.692. The molecule has 0 spiro atoms. The summed E-state index contributed by atoms with van der Waals surface area (Å²) >= 11 is 1.67. The van der Waals surface area contributed by atoms with Gasteiger partial charge in [0, 0.05) is 31.0 Å². The second kappa shape index (κ2) is 5.09. The molecule has 1 aliphatic heterocycles. The molecule has 0 amide bonds. The van der Waals surface area contributed by atoms with E-state index in [0.717, 1.165) is 48.2 Å². The van der Waals surface area contributed by atoms with E-state index in [9.17, 15) is 9.90 Å². The molecule has 2 aliphatic rings. The monoisotopic (exact) mass is 282 g/mol. The zero-order valence-corrected chi connectivity index (χ0v) is 11.8. The molecule has 1 N–H and O–H groups in total. The van der Waals surface area contributed by atoms with Crippen LogP contribution in [0.2, 0.25) is 0 Å². The minimum atomic E-state index is -0.741. The van der Waals surface area contributed by atoms with Crippen LogP contribution in [0.25, 0.3) is 0 Å². The number of aromatic nitrogens is 1. The van der Waals surface area contributed by atoms with E-state index in [1.165, 1.54) is 0 Å². The van der Waals surface area contributed by atoms with Gasteiger partial charge in [-0.15, -0.1) is 11.3 Å². The van der Waals surface area contributed by atoms with E-state index in [0.29, 0.717) is 12.3 Å². The van der Waals surface area contributed by atoms with Crippen LogP contribution in [-0.4, -0.2) is 42.9 Å². The summed E-state index contributed by atoms with van der Waals surface area (Å²) in [5.74, 6) is -0.564. The van der Waals surface area contributed by atoms with Gasteiger partial charge in [-0.05, 0) is 19.3 Å². The van der Waals surface area contributed by atoms with Crippen molar-refractivity contribution in [2.75, 3.05) is 31.7 Å². The van der Waals surface area contributed by atoms with Crippen LogP contribution in [0.15, 0.2) is 0 Å². The molecule has 0 bridgehead atoms. The van der Waals surface area contributed by atoms with Crippen molar-refractivity contribution in [3.63, 3.8) is 0 Å². The molecule has 2 heterocycles. The molecule has 1 aromatic rings. The number of carboxylic acids is 1. The number of hydrogen-bond donors (Lipinski definition) is 1. The van der Waals surface area contributed by atoms with E-state index in [2.05, 4.69) is 9.88 Å². The smallest absolute Gasteiger partial charge is 0.312 e. The molecular weight excluding hydrogens is 264 g/mol. The molecule has 2 unspecified atom stereocenters. The number of hydrogen-bond acceptors (Lipinski definition) is 5. The van der Waals surface area contributed by atoms with Gasteiger partial charge in [-0.1, -0.05) is 0 Å². The quantitative estimate of drug-likeness (QED) is 0.911. The number of rotatable bonds is 4. The van der Waals surface area contributed by atoms with Crippen LogP contribution in [0.5, 0.6) is 0 Å². The average Bonchev–Trinajstić information content (AvgIpc) is 3.00. The fourth-order valence-electron chi connectivity index (χ4n) is 2.97. The maximum absolute atomic E-state index is 11.2. The Morgan fingerprint density at radius 2 is 2.42 bits per heavy atom. The molecule has 19 heavy (non-hydrogen) atoms. The van der Waals surface area contributed by atoms with Gasteiger partial charge in [0.05, 0.1) is 12.3 Å². The number of nitrogens with zero attached hydrogens (tertiary/aromatic N) is 2. The fourth-order valence-corrected chi connectivity index (χ4v) is 4.14. The van der Waals surface area contributed by atoms with Gasteiger partial charge in [0.25, 0.3) is 0 Å². The standard InChI is InChI=1S/C13H18N2O3S/c1-18-7-8-4-5-15(6-8)13-14-11-9(12(16)17)2-3-10(11)19-13/h8-9H,2-7H2,1H3,(H,16,17). The zero-order chi connectivity index (χ0) is 13.4. The Bertz CT molecular complexity index is 488. The number of methoxy groups -OCH3 is 1. The first-order valence-electron chi connectivity index (χ1n) is 6.65. The summed E-state index contributed by atoms with van der Waals surface area (Å²) in [7, 11) is 1.73. The Hall–Kier alpha value is -1.14. The molecule has 6 heteroatoms. The van der Waals surface area contributed by atoms with Crippen LogP contribution in [-0.2, 0) is 16.0 Å². The molecule has 1 aliphatic carbocycles. The van der Waals surface area contributed by atoms with E-state index in [1.807, 2.05) is 0 Å². The Kier molecular flexibility index (Phi) is 3.45. The van der Waals surface area contributed by atoms with Crippen LogP contribution < -0.4 is 4.90 Å². The lowest BCUT2D eigenvalue weighted by Gasteiger charge is -2.15. The third kappa shape index (κ3) is 2.34. The Balaban J connectivity index is 1.74. The number of anilines is 1. The summed E-state index contributed by atoms with van der Waals surface area (Å²) in [6.07, 6.45) is 2.69. The molecule has 3 rings (SSSR count). The van der Waals surface area contributed by atoms with Gasteiger partial charge in [-0.25, -0.2) is 4.98 Å². The maximum Gasteiger partial charge on any atom is 0.312 e. The van der Waals surface area contributed by atoms with Crippen molar-refractivity contribution in [3.05, 3.63) is 10.6 Å². The minimum absolute atomic E-state index is 0.391. The lowest BCUT2D eigenvalue weighted by Crippen LogP contribution is -2.21. The molecule has 1 saturated heterocycles. The highest BCUT2D eigenvalue weighted by molar-refractivity contribution is 7.15. The number of carbonyl (C=O) groups is 1. The molecule has 5 nitrogen and oxygen atoms in total. The topological polar surface area (TPSA) is 62.7 Å². The van der Waals surface area contributed by atoms with Crippen LogP contribution in [0.1, 0.15) is 29.3 Å². The van der Waals surface area contributed by atoms with E-state index in [4.69, 9.17) is 4.74 Å². The Labute approximate surface area is 116 Å². The SMILES string of the molecule is COCC1CCN(c2nc3c(s2)CCC3C(=O)O)C1. The van der Waals surface area contributed by atoms with Crippen molar-refractivity contribution in [1.29, 1.82) is 0 Å². The molecule has 2 atom stereocenters. The van der Waals surface area contributed by atoms with Crippen molar-refractivity contribution in [1.82, 2.24) is 4.98 Å². The van der Waals surface area contributed by atoms with E-state index in [1.54, 1.807) is 18.4 Å². The summed E-state index contributed by atoms with van der Waals surface area (Å²) in [5.41, 5.74) is 0.808. The number of carboxylic acid groups (broad SMARTS) is 1. The molecule has 0 saturated carbocycles. The molecule has 104 valence electrons. The van der Waals surface area contributed by atoms with Crippen molar-refractivity contribution < 1.29 is 14.6 Å². The van der Waals surface area contributed by atoms with Crippen molar-refractivity contribution in [2.24, 2.45) is 5.92 Å². The van der Waals surface area contributed by atoms with Crippen molar-refractivity contribution in [2.45, 2.75) is 25.2 Å². The molecule has 1 fully saturated rings. The largest absolute Gasteiger partial charge is 0.481 e. The van der Waals surface area contributed by atoms with Gasteiger partial charge in [0.2, 0.25) is 0 Å². The zero-order valence-electron chi connectivity index (χ0n) is 11.0. The number of fused-ring (bicyclic) bond motifs is 1. The third-order valence-electron chi connectivity index (χ3n) is 3.96. The predicted octanol–water partition coefficient (Wildman–Crippen LogP) is 1.73. The molecule has 0 radical (unpaired) electrons. The first-order valence-corrected chi connectivity index (χ1v) is 7.47. The summed E-state index contributed by atoms with van der Waals surface area (Å²) in [6.45, 7) is 2.76. The van der Waals surface area contributed by atoms with Crippen LogP contribution >= 0.6 is 11.3 Å². The van der Waals surface area contributed by atoms with Crippen molar-refractivity contribution >= 4 is 22.4 Å². The van der Waals surface area contributed by atoms with Gasteiger partial charge < -0.3 is 14.7 Å². The van der Waals surface area contributed by atoms with Crippen LogP contribution in [0, 0.1) is 5.92 Å². The highest BCUT2D eigenvalue weighted by Gasteiger charge is 2.34. The predicted molar refractivity (Wildman–Crippen MR) is 73.0 cm³/mol. The lowest BCUT2D eigenvalue weighted by atomic mass is 10.1. The molecule has 1 aromatic heterocycles. The first kappa shape index (κ1) is 12.9. The lowest BCUT2D eigenvalue weighted by molar-refractivity contribution is -0.138. The normalized spacial score (nSPS) is 25.8. The average molecular weight is 282 g/mol. The number of thiazole rings is 1. The number of ether oxygens (including phenoxy) is 1. The summed E-state index contributed by atoms with van der Waals surface area (Å²) in [5, 5.41) is 10.2. The highest BCUT2D eigenvalue weighted by Crippen LogP contribution is 2.40. The molecular formula is C13H18N2O3S. The minimum Gasteiger partial charge on any atom is -0.481 e. The summed E-state index contributed by atoms with van der Waals surface area (Å²) in [4.78, 5) is 19.2. The van der Waals surface area contributed by atoms with Gasteiger partial charge in [0.1, 0.15) is 5.92 Å².